The molecular weight excluding hydrogens is 325 g/mol. The topological polar surface area (TPSA) is 26.0 Å². The van der Waals surface area contributed by atoms with Gasteiger partial charge in [-0.3, -0.25) is 0 Å². The Morgan fingerprint density at radius 1 is 1.41 bits per heavy atom. The average molecular weight is 335 g/mol. The summed E-state index contributed by atoms with van der Waals surface area (Å²) in [7, 11) is 0. The zero-order valence-corrected chi connectivity index (χ0v) is 11.9. The van der Waals surface area contributed by atoms with Crippen LogP contribution in [0.15, 0.2) is 34.1 Å². The van der Waals surface area contributed by atoms with Crippen LogP contribution < -0.4 is 5.73 Å². The van der Waals surface area contributed by atoms with E-state index in [1.165, 1.54) is 23.5 Å². The number of benzene rings is 1. The lowest BCUT2D eigenvalue weighted by Gasteiger charge is -2.11. The molecule has 0 fully saturated rings. The number of nitrogens with two attached hydrogens (primary N) is 1. The van der Waals surface area contributed by atoms with E-state index in [4.69, 9.17) is 17.3 Å². The van der Waals surface area contributed by atoms with Crippen molar-refractivity contribution < 1.29 is 4.39 Å². The molecule has 0 amide bonds. The summed E-state index contributed by atoms with van der Waals surface area (Å²) in [5.41, 5.74) is 6.92. The van der Waals surface area contributed by atoms with Crippen molar-refractivity contribution >= 4 is 38.9 Å². The Kier molecular flexibility index (Phi) is 4.20. The summed E-state index contributed by atoms with van der Waals surface area (Å²) in [5.74, 6) is -0.265. The molecule has 2 N–H and O–H groups in total. The Morgan fingerprint density at radius 2 is 2.18 bits per heavy atom. The van der Waals surface area contributed by atoms with E-state index in [1.54, 1.807) is 0 Å². The predicted octanol–water partition coefficient (Wildman–Crippen LogP) is 4.55. The number of hydrogen-bond acceptors (Lipinski definition) is 2. The highest BCUT2D eigenvalue weighted by Crippen LogP contribution is 2.29. The fourth-order valence-electron chi connectivity index (χ4n) is 1.65. The summed E-state index contributed by atoms with van der Waals surface area (Å²) in [6.07, 6.45) is 0.566. The second-order valence-electron chi connectivity index (χ2n) is 3.72. The minimum Gasteiger partial charge on any atom is -0.323 e. The Balaban J connectivity index is 2.18. The molecule has 1 unspecified atom stereocenters. The molecule has 1 atom stereocenters. The molecule has 0 radical (unpaired) electrons. The zero-order chi connectivity index (χ0) is 12.4. The molecule has 0 aliphatic carbocycles. The molecule has 1 aromatic carbocycles. The van der Waals surface area contributed by atoms with Crippen molar-refractivity contribution in [2.45, 2.75) is 12.5 Å². The average Bonchev–Trinajstić information content (AvgIpc) is 2.62. The Bertz CT molecular complexity index is 509. The normalized spacial score (nSPS) is 12.7. The summed E-state index contributed by atoms with van der Waals surface area (Å²) in [5, 5.41) is 2.58. The second-order valence-corrected chi connectivity index (χ2v) is 5.99. The SMILES string of the molecule is NC(Cc1cc(F)cc(Br)c1)c1sccc1Cl. The van der Waals surface area contributed by atoms with Crippen LogP contribution in [0.5, 0.6) is 0 Å². The van der Waals surface area contributed by atoms with E-state index in [0.29, 0.717) is 11.4 Å². The summed E-state index contributed by atoms with van der Waals surface area (Å²) >= 11 is 10.8. The highest BCUT2D eigenvalue weighted by molar-refractivity contribution is 9.10. The van der Waals surface area contributed by atoms with Crippen molar-refractivity contribution in [1.29, 1.82) is 0 Å². The second kappa shape index (κ2) is 5.48. The molecule has 1 heterocycles. The molecule has 0 spiro atoms. The van der Waals surface area contributed by atoms with Gasteiger partial charge in [0.25, 0.3) is 0 Å². The van der Waals surface area contributed by atoms with Gasteiger partial charge >= 0.3 is 0 Å². The Morgan fingerprint density at radius 3 is 2.76 bits per heavy atom. The maximum absolute atomic E-state index is 13.2. The quantitative estimate of drug-likeness (QED) is 0.876. The maximum Gasteiger partial charge on any atom is 0.124 e. The Hall–Kier alpha value is -0.420. The third-order valence-corrected chi connectivity index (χ3v) is 4.31. The Labute approximate surface area is 117 Å². The van der Waals surface area contributed by atoms with Gasteiger partial charge in [-0.05, 0) is 41.6 Å². The number of hydrogen-bond donors (Lipinski definition) is 1. The third-order valence-electron chi connectivity index (χ3n) is 2.36. The van der Waals surface area contributed by atoms with Crippen LogP contribution in [0.25, 0.3) is 0 Å². The number of rotatable bonds is 3. The standard InChI is InChI=1S/C12H10BrClFNS/c13-8-3-7(4-9(15)6-8)5-11(16)12-10(14)1-2-17-12/h1-4,6,11H,5,16H2. The van der Waals surface area contributed by atoms with Gasteiger partial charge in [0.05, 0.1) is 5.02 Å². The first-order chi connectivity index (χ1) is 8.06. The van der Waals surface area contributed by atoms with E-state index < -0.39 is 0 Å². The van der Waals surface area contributed by atoms with Gasteiger partial charge in [0.2, 0.25) is 0 Å². The van der Waals surface area contributed by atoms with Gasteiger partial charge in [-0.15, -0.1) is 11.3 Å². The molecule has 0 saturated carbocycles. The fraction of sp³-hybridized carbons (Fsp3) is 0.167. The van der Waals surface area contributed by atoms with E-state index >= 15 is 0 Å². The van der Waals surface area contributed by atoms with Crippen LogP contribution in [0.1, 0.15) is 16.5 Å². The molecule has 2 aromatic rings. The van der Waals surface area contributed by atoms with E-state index in [2.05, 4.69) is 15.9 Å². The molecule has 0 bridgehead atoms. The molecule has 5 heteroatoms. The van der Waals surface area contributed by atoms with Gasteiger partial charge < -0.3 is 5.73 Å². The lowest BCUT2D eigenvalue weighted by atomic mass is 10.1. The zero-order valence-electron chi connectivity index (χ0n) is 8.79. The van der Waals surface area contributed by atoms with Crippen molar-refractivity contribution in [1.82, 2.24) is 0 Å². The minimum absolute atomic E-state index is 0.198. The van der Waals surface area contributed by atoms with Crippen LogP contribution in [0.4, 0.5) is 4.39 Å². The van der Waals surface area contributed by atoms with Crippen LogP contribution in [-0.4, -0.2) is 0 Å². The summed E-state index contributed by atoms with van der Waals surface area (Å²) < 4.78 is 13.9. The van der Waals surface area contributed by atoms with Crippen LogP contribution in [0.3, 0.4) is 0 Å². The number of halogens is 3. The minimum atomic E-state index is -0.265. The van der Waals surface area contributed by atoms with Gasteiger partial charge in [-0.1, -0.05) is 27.5 Å². The molecule has 17 heavy (non-hydrogen) atoms. The van der Waals surface area contributed by atoms with Crippen LogP contribution in [-0.2, 0) is 6.42 Å². The summed E-state index contributed by atoms with van der Waals surface area (Å²) in [4.78, 5) is 0.937. The fourth-order valence-corrected chi connectivity index (χ4v) is 3.36. The van der Waals surface area contributed by atoms with E-state index in [-0.39, 0.29) is 11.9 Å². The number of thiophene rings is 1. The molecule has 0 aliphatic rings. The first-order valence-electron chi connectivity index (χ1n) is 4.99. The first-order valence-corrected chi connectivity index (χ1v) is 7.05. The lowest BCUT2D eigenvalue weighted by Crippen LogP contribution is -2.12. The molecule has 90 valence electrons. The summed E-state index contributed by atoms with van der Waals surface area (Å²) in [6, 6.07) is 6.41. The highest BCUT2D eigenvalue weighted by Gasteiger charge is 2.13. The molecule has 2 rings (SSSR count). The molecule has 1 nitrogen and oxygen atoms in total. The van der Waals surface area contributed by atoms with Crippen molar-refractivity contribution in [3.8, 4) is 0 Å². The van der Waals surface area contributed by atoms with Gasteiger partial charge in [0, 0.05) is 15.4 Å². The van der Waals surface area contributed by atoms with Crippen molar-refractivity contribution in [3.05, 3.63) is 55.4 Å². The van der Waals surface area contributed by atoms with Crippen molar-refractivity contribution in [3.63, 3.8) is 0 Å². The van der Waals surface area contributed by atoms with Gasteiger partial charge in [0.1, 0.15) is 5.82 Å². The van der Waals surface area contributed by atoms with E-state index in [9.17, 15) is 4.39 Å². The summed E-state index contributed by atoms with van der Waals surface area (Å²) in [6.45, 7) is 0. The van der Waals surface area contributed by atoms with Crippen LogP contribution in [0, 0.1) is 5.82 Å². The molecular formula is C12H10BrClFNS. The van der Waals surface area contributed by atoms with Gasteiger partial charge in [-0.2, -0.15) is 0 Å². The third kappa shape index (κ3) is 3.28. The predicted molar refractivity (Wildman–Crippen MR) is 74.1 cm³/mol. The highest BCUT2D eigenvalue weighted by atomic mass is 79.9. The lowest BCUT2D eigenvalue weighted by molar-refractivity contribution is 0.621. The monoisotopic (exact) mass is 333 g/mol. The molecule has 1 aromatic heterocycles. The van der Waals surface area contributed by atoms with Crippen LogP contribution >= 0.6 is 38.9 Å². The maximum atomic E-state index is 13.2. The van der Waals surface area contributed by atoms with Crippen molar-refractivity contribution in [2.24, 2.45) is 5.73 Å². The van der Waals surface area contributed by atoms with E-state index in [1.807, 2.05) is 17.5 Å². The van der Waals surface area contributed by atoms with Gasteiger partial charge in [0.15, 0.2) is 0 Å². The largest absolute Gasteiger partial charge is 0.323 e. The molecule has 0 aliphatic heterocycles. The van der Waals surface area contributed by atoms with Gasteiger partial charge in [-0.25, -0.2) is 4.39 Å². The molecule has 0 saturated heterocycles. The van der Waals surface area contributed by atoms with Crippen molar-refractivity contribution in [2.75, 3.05) is 0 Å². The first kappa shape index (κ1) is 13.0. The van der Waals surface area contributed by atoms with E-state index in [0.717, 1.165) is 14.9 Å². The van der Waals surface area contributed by atoms with Crippen LogP contribution in [0.2, 0.25) is 5.02 Å². The smallest absolute Gasteiger partial charge is 0.124 e.